The fourth-order valence-corrected chi connectivity index (χ4v) is 2.17. The van der Waals surface area contributed by atoms with Gasteiger partial charge in [-0.2, -0.15) is 0 Å². The maximum atomic E-state index is 13.3. The first kappa shape index (κ1) is 15.4. The van der Waals surface area contributed by atoms with E-state index in [4.69, 9.17) is 33.7 Å². The third kappa shape index (κ3) is 3.37. The van der Waals surface area contributed by atoms with Gasteiger partial charge in [-0.05, 0) is 30.3 Å². The van der Waals surface area contributed by atoms with Gasteiger partial charge in [0, 0.05) is 11.3 Å². The van der Waals surface area contributed by atoms with Crippen molar-refractivity contribution in [3.05, 3.63) is 51.8 Å². The number of methoxy groups -OCH3 is 1. The summed E-state index contributed by atoms with van der Waals surface area (Å²) < 4.78 is 18.4. The summed E-state index contributed by atoms with van der Waals surface area (Å²) in [5, 5.41) is 2.22. The molecule has 0 bridgehead atoms. The predicted molar refractivity (Wildman–Crippen MR) is 81.8 cm³/mol. The summed E-state index contributed by atoms with van der Waals surface area (Å²) in [5.41, 5.74) is 6.71. The Morgan fingerprint density at radius 3 is 2.43 bits per heavy atom. The maximum absolute atomic E-state index is 13.3. The van der Waals surface area contributed by atoms with Crippen molar-refractivity contribution in [1.82, 2.24) is 0 Å². The van der Waals surface area contributed by atoms with Crippen molar-refractivity contribution in [2.45, 2.75) is 0 Å². The van der Waals surface area contributed by atoms with E-state index < -0.39 is 11.7 Å². The second-order valence-corrected chi connectivity index (χ2v) is 4.98. The van der Waals surface area contributed by atoms with Crippen molar-refractivity contribution in [3.63, 3.8) is 0 Å². The van der Waals surface area contributed by atoms with Crippen molar-refractivity contribution in [1.29, 1.82) is 0 Å². The second-order valence-electron chi connectivity index (χ2n) is 4.16. The highest BCUT2D eigenvalue weighted by Gasteiger charge is 2.12. The lowest BCUT2D eigenvalue weighted by Crippen LogP contribution is -2.12. The van der Waals surface area contributed by atoms with Gasteiger partial charge in [-0.25, -0.2) is 4.39 Å². The van der Waals surface area contributed by atoms with E-state index in [-0.39, 0.29) is 15.7 Å². The minimum atomic E-state index is -0.731. The molecule has 0 aliphatic carbocycles. The van der Waals surface area contributed by atoms with Gasteiger partial charge in [0.25, 0.3) is 5.91 Å². The summed E-state index contributed by atoms with van der Waals surface area (Å²) in [4.78, 5) is 12.1. The van der Waals surface area contributed by atoms with E-state index in [1.807, 2.05) is 0 Å². The molecule has 0 aromatic heterocycles. The molecule has 3 N–H and O–H groups in total. The summed E-state index contributed by atoms with van der Waals surface area (Å²) >= 11 is 11.3. The molecule has 110 valence electrons. The standard InChI is InChI=1S/C14H11Cl2FN2O2/c1-21-12-4-7(2-3-11(12)18)14(20)19-8-5-9(15)13(17)10(16)6-8/h2-6H,18H2,1H3,(H,19,20). The van der Waals surface area contributed by atoms with E-state index in [2.05, 4.69) is 5.32 Å². The van der Waals surface area contributed by atoms with Crippen molar-refractivity contribution in [2.24, 2.45) is 0 Å². The molecule has 7 heteroatoms. The van der Waals surface area contributed by atoms with Crippen LogP contribution >= 0.6 is 23.2 Å². The Bertz CT molecular complexity index is 684. The molecule has 0 saturated heterocycles. The van der Waals surface area contributed by atoms with Crippen LogP contribution in [-0.4, -0.2) is 13.0 Å². The zero-order valence-electron chi connectivity index (χ0n) is 10.9. The van der Waals surface area contributed by atoms with Gasteiger partial charge in [-0.1, -0.05) is 23.2 Å². The predicted octanol–water partition coefficient (Wildman–Crippen LogP) is 3.98. The molecule has 0 aliphatic heterocycles. The van der Waals surface area contributed by atoms with Gasteiger partial charge < -0.3 is 15.8 Å². The third-order valence-electron chi connectivity index (χ3n) is 2.74. The number of benzene rings is 2. The largest absolute Gasteiger partial charge is 0.495 e. The number of nitrogens with one attached hydrogen (secondary N) is 1. The summed E-state index contributed by atoms with van der Waals surface area (Å²) in [6, 6.07) is 7.14. The summed E-state index contributed by atoms with van der Waals surface area (Å²) in [5.74, 6) is -0.768. The zero-order valence-corrected chi connectivity index (χ0v) is 12.4. The van der Waals surface area contributed by atoms with Crippen LogP contribution in [0.2, 0.25) is 10.0 Å². The summed E-state index contributed by atoms with van der Waals surface area (Å²) in [7, 11) is 1.45. The summed E-state index contributed by atoms with van der Waals surface area (Å²) in [6.45, 7) is 0. The van der Waals surface area contributed by atoms with Crippen LogP contribution in [-0.2, 0) is 0 Å². The molecule has 2 rings (SSSR count). The monoisotopic (exact) mass is 328 g/mol. The number of nitrogen functional groups attached to an aromatic ring is 1. The van der Waals surface area contributed by atoms with E-state index in [1.165, 1.54) is 25.3 Å². The summed E-state index contributed by atoms with van der Waals surface area (Å²) in [6.07, 6.45) is 0. The van der Waals surface area contributed by atoms with Crippen LogP contribution in [0, 0.1) is 5.82 Å². The van der Waals surface area contributed by atoms with Gasteiger partial charge >= 0.3 is 0 Å². The van der Waals surface area contributed by atoms with Crippen LogP contribution in [0.15, 0.2) is 30.3 Å². The molecular weight excluding hydrogens is 318 g/mol. The lowest BCUT2D eigenvalue weighted by atomic mass is 10.1. The van der Waals surface area contributed by atoms with Crippen LogP contribution in [0.1, 0.15) is 10.4 Å². The van der Waals surface area contributed by atoms with Gasteiger partial charge in [-0.15, -0.1) is 0 Å². The van der Waals surface area contributed by atoms with Gasteiger partial charge in [0.15, 0.2) is 5.82 Å². The fraction of sp³-hybridized carbons (Fsp3) is 0.0714. The molecule has 0 atom stereocenters. The lowest BCUT2D eigenvalue weighted by Gasteiger charge is -2.09. The maximum Gasteiger partial charge on any atom is 0.255 e. The Morgan fingerprint density at radius 1 is 1.24 bits per heavy atom. The highest BCUT2D eigenvalue weighted by atomic mass is 35.5. The number of amides is 1. The lowest BCUT2D eigenvalue weighted by molar-refractivity contribution is 0.102. The second kappa shape index (κ2) is 6.20. The molecule has 2 aromatic rings. The van der Waals surface area contributed by atoms with Crippen LogP contribution < -0.4 is 15.8 Å². The average Bonchev–Trinajstić information content (AvgIpc) is 2.45. The van der Waals surface area contributed by atoms with Crippen molar-refractivity contribution in [2.75, 3.05) is 18.2 Å². The highest BCUT2D eigenvalue weighted by Crippen LogP contribution is 2.28. The molecule has 0 radical (unpaired) electrons. The van der Waals surface area contributed by atoms with Crippen molar-refractivity contribution >= 4 is 40.5 Å². The Balaban J connectivity index is 2.26. The third-order valence-corrected chi connectivity index (χ3v) is 3.29. The van der Waals surface area contributed by atoms with Crippen molar-refractivity contribution < 1.29 is 13.9 Å². The molecule has 0 spiro atoms. The molecule has 0 saturated carbocycles. The number of hydrogen-bond donors (Lipinski definition) is 2. The van der Waals surface area contributed by atoms with E-state index in [0.717, 1.165) is 0 Å². The van der Waals surface area contributed by atoms with Gasteiger partial charge in [0.2, 0.25) is 0 Å². The Labute approximate surface area is 130 Å². The normalized spacial score (nSPS) is 10.3. The smallest absolute Gasteiger partial charge is 0.255 e. The number of rotatable bonds is 3. The SMILES string of the molecule is COc1cc(C(=O)Nc2cc(Cl)c(F)c(Cl)c2)ccc1N. The molecular formula is C14H11Cl2FN2O2. The fourth-order valence-electron chi connectivity index (χ4n) is 1.68. The molecule has 1 amide bonds. The number of halogens is 3. The number of anilines is 2. The van der Waals surface area contributed by atoms with Crippen LogP contribution in [0.25, 0.3) is 0 Å². The number of nitrogens with two attached hydrogens (primary N) is 1. The zero-order chi connectivity index (χ0) is 15.6. The number of carbonyl (C=O) groups excluding carboxylic acids is 1. The van der Waals surface area contributed by atoms with Gasteiger partial charge in [0.05, 0.1) is 22.8 Å². The van der Waals surface area contributed by atoms with Crippen LogP contribution in [0.3, 0.4) is 0 Å². The van der Waals surface area contributed by atoms with Gasteiger partial charge in [0.1, 0.15) is 5.75 Å². The minimum absolute atomic E-state index is 0.173. The van der Waals surface area contributed by atoms with Crippen LogP contribution in [0.5, 0.6) is 5.75 Å². The first-order valence-electron chi connectivity index (χ1n) is 5.81. The highest BCUT2D eigenvalue weighted by molar-refractivity contribution is 6.35. The molecule has 0 unspecified atom stereocenters. The first-order valence-corrected chi connectivity index (χ1v) is 6.57. The molecule has 2 aromatic carbocycles. The Morgan fingerprint density at radius 2 is 1.86 bits per heavy atom. The van der Waals surface area contributed by atoms with E-state index in [0.29, 0.717) is 17.0 Å². The molecule has 0 fully saturated rings. The number of ether oxygens (including phenoxy) is 1. The average molecular weight is 329 g/mol. The Kier molecular flexibility index (Phi) is 4.55. The Hall–Kier alpha value is -1.98. The van der Waals surface area contributed by atoms with E-state index in [1.54, 1.807) is 12.1 Å². The van der Waals surface area contributed by atoms with E-state index >= 15 is 0 Å². The minimum Gasteiger partial charge on any atom is -0.495 e. The molecule has 4 nitrogen and oxygen atoms in total. The molecule has 21 heavy (non-hydrogen) atoms. The first-order chi connectivity index (χ1) is 9.92. The number of hydrogen-bond acceptors (Lipinski definition) is 3. The van der Waals surface area contributed by atoms with Gasteiger partial charge in [-0.3, -0.25) is 4.79 Å². The quantitative estimate of drug-likeness (QED) is 0.661. The van der Waals surface area contributed by atoms with E-state index in [9.17, 15) is 9.18 Å². The topological polar surface area (TPSA) is 64.3 Å². The van der Waals surface area contributed by atoms with Crippen molar-refractivity contribution in [3.8, 4) is 5.75 Å². The van der Waals surface area contributed by atoms with Crippen LogP contribution in [0.4, 0.5) is 15.8 Å². The molecule has 0 heterocycles. The number of carbonyl (C=O) groups is 1. The molecule has 0 aliphatic rings.